The average Bonchev–Trinajstić information content (AvgIpc) is 2.77. The number of amides is 1. The Kier molecular flexibility index (Phi) is 7.41. The van der Waals surface area contributed by atoms with Gasteiger partial charge in [-0.15, -0.1) is 0 Å². The number of aryl methyl sites for hydroxylation is 1. The minimum Gasteiger partial charge on any atom is -0.497 e. The first-order valence-electron chi connectivity index (χ1n) is 9.60. The molecule has 158 valence electrons. The molecule has 0 spiro atoms. The van der Waals surface area contributed by atoms with Crippen LogP contribution in [0.3, 0.4) is 0 Å². The molecule has 0 aliphatic heterocycles. The highest BCUT2D eigenvalue weighted by Crippen LogP contribution is 2.28. The number of nitrogens with one attached hydrogen (secondary N) is 1. The number of thioether (sulfide) groups is 1. The molecule has 0 saturated heterocycles. The van der Waals surface area contributed by atoms with Crippen molar-refractivity contribution in [2.75, 3.05) is 33.6 Å². The van der Waals surface area contributed by atoms with Gasteiger partial charge in [-0.25, -0.2) is 4.98 Å². The van der Waals surface area contributed by atoms with E-state index in [1.165, 1.54) is 11.8 Å². The number of nitrogens with zero attached hydrogens (tertiary/aromatic N) is 1. The summed E-state index contributed by atoms with van der Waals surface area (Å²) in [5.74, 6) is 2.44. The lowest BCUT2D eigenvalue weighted by atomic mass is 10.1. The second-order valence-corrected chi connectivity index (χ2v) is 7.73. The standard InChI is InChI=1S/C23H26N2O4S/c1-15-11-23(25-19-13-17(27-2)6-7-18(15)19)30-14-22(26)24-10-9-16-5-8-20(28-3)21(12-16)29-4/h5-8,11-13H,9-10,14H2,1-4H3,(H,24,26). The molecule has 0 atom stereocenters. The van der Waals surface area contributed by atoms with Gasteiger partial charge in [0, 0.05) is 18.0 Å². The zero-order valence-electron chi connectivity index (χ0n) is 17.7. The molecule has 3 rings (SSSR count). The van der Waals surface area contributed by atoms with Gasteiger partial charge in [-0.05, 0) is 54.8 Å². The van der Waals surface area contributed by atoms with Gasteiger partial charge in [0.05, 0.1) is 37.6 Å². The van der Waals surface area contributed by atoms with E-state index in [0.29, 0.717) is 30.2 Å². The number of benzene rings is 2. The van der Waals surface area contributed by atoms with Crippen molar-refractivity contribution in [2.24, 2.45) is 0 Å². The summed E-state index contributed by atoms with van der Waals surface area (Å²) >= 11 is 1.43. The second-order valence-electron chi connectivity index (χ2n) is 6.74. The molecule has 0 bridgehead atoms. The van der Waals surface area contributed by atoms with Crippen molar-refractivity contribution in [3.8, 4) is 17.2 Å². The molecule has 0 radical (unpaired) electrons. The fourth-order valence-corrected chi connectivity index (χ4v) is 3.93. The van der Waals surface area contributed by atoms with E-state index in [1.807, 2.05) is 49.4 Å². The van der Waals surface area contributed by atoms with Crippen molar-refractivity contribution in [1.29, 1.82) is 0 Å². The zero-order valence-corrected chi connectivity index (χ0v) is 18.5. The van der Waals surface area contributed by atoms with Gasteiger partial charge in [0.25, 0.3) is 0 Å². The molecule has 3 aromatic rings. The molecule has 1 aromatic heterocycles. The van der Waals surface area contributed by atoms with E-state index >= 15 is 0 Å². The first kappa shape index (κ1) is 21.8. The third-order valence-electron chi connectivity index (χ3n) is 4.74. The number of carbonyl (C=O) groups excluding carboxylic acids is 1. The van der Waals surface area contributed by atoms with Crippen LogP contribution in [0.1, 0.15) is 11.1 Å². The normalized spacial score (nSPS) is 10.7. The molecule has 30 heavy (non-hydrogen) atoms. The Morgan fingerprint density at radius 1 is 1.00 bits per heavy atom. The van der Waals surface area contributed by atoms with Gasteiger partial charge in [0.15, 0.2) is 11.5 Å². The van der Waals surface area contributed by atoms with Crippen LogP contribution >= 0.6 is 11.8 Å². The third-order valence-corrected chi connectivity index (χ3v) is 5.65. The summed E-state index contributed by atoms with van der Waals surface area (Å²) in [7, 11) is 4.86. The van der Waals surface area contributed by atoms with Crippen LogP contribution in [0.25, 0.3) is 10.9 Å². The van der Waals surface area contributed by atoms with Gasteiger partial charge in [0.1, 0.15) is 5.75 Å². The molecule has 0 fully saturated rings. The Labute approximate surface area is 180 Å². The first-order valence-corrected chi connectivity index (χ1v) is 10.6. The monoisotopic (exact) mass is 426 g/mol. The highest BCUT2D eigenvalue weighted by Gasteiger charge is 2.09. The van der Waals surface area contributed by atoms with Gasteiger partial charge in [-0.2, -0.15) is 0 Å². The Bertz CT molecular complexity index is 1040. The molecule has 0 saturated carbocycles. The number of ether oxygens (including phenoxy) is 3. The van der Waals surface area contributed by atoms with Crippen molar-refractivity contribution in [3.05, 3.63) is 53.6 Å². The van der Waals surface area contributed by atoms with E-state index < -0.39 is 0 Å². The summed E-state index contributed by atoms with van der Waals surface area (Å²) in [6.45, 7) is 2.60. The minimum atomic E-state index is -0.0225. The number of pyridine rings is 1. The zero-order chi connectivity index (χ0) is 21.5. The van der Waals surface area contributed by atoms with Crippen LogP contribution in [0.15, 0.2) is 47.5 Å². The summed E-state index contributed by atoms with van der Waals surface area (Å²) in [5.41, 5.74) is 3.06. The number of hydrogen-bond donors (Lipinski definition) is 1. The molecule has 6 nitrogen and oxygen atoms in total. The predicted molar refractivity (Wildman–Crippen MR) is 120 cm³/mol. The molecular formula is C23H26N2O4S. The molecule has 0 aliphatic carbocycles. The summed E-state index contributed by atoms with van der Waals surface area (Å²) in [6, 6.07) is 13.6. The van der Waals surface area contributed by atoms with E-state index in [-0.39, 0.29) is 5.91 Å². The molecule has 1 heterocycles. The fraction of sp³-hybridized carbons (Fsp3) is 0.304. The Morgan fingerprint density at radius 3 is 2.53 bits per heavy atom. The summed E-state index contributed by atoms with van der Waals surface area (Å²) in [4.78, 5) is 16.9. The van der Waals surface area contributed by atoms with E-state index in [0.717, 1.165) is 32.8 Å². The Balaban J connectivity index is 1.53. The van der Waals surface area contributed by atoms with E-state index in [4.69, 9.17) is 14.2 Å². The average molecular weight is 427 g/mol. The molecule has 2 aromatic carbocycles. The lowest BCUT2D eigenvalue weighted by Gasteiger charge is -2.10. The highest BCUT2D eigenvalue weighted by molar-refractivity contribution is 7.99. The van der Waals surface area contributed by atoms with Crippen LogP contribution < -0.4 is 19.5 Å². The van der Waals surface area contributed by atoms with E-state index in [1.54, 1.807) is 21.3 Å². The third kappa shape index (κ3) is 5.36. The van der Waals surface area contributed by atoms with Crippen molar-refractivity contribution in [3.63, 3.8) is 0 Å². The maximum atomic E-state index is 12.3. The van der Waals surface area contributed by atoms with Crippen molar-refractivity contribution in [2.45, 2.75) is 18.4 Å². The summed E-state index contributed by atoms with van der Waals surface area (Å²) in [5, 5.41) is 4.86. The van der Waals surface area contributed by atoms with Gasteiger partial charge < -0.3 is 19.5 Å². The molecule has 1 amide bonds. The van der Waals surface area contributed by atoms with Crippen LogP contribution in [-0.4, -0.2) is 44.5 Å². The van der Waals surface area contributed by atoms with Crippen LogP contribution in [0.4, 0.5) is 0 Å². The number of carbonyl (C=O) groups is 1. The quantitative estimate of drug-likeness (QED) is 0.521. The van der Waals surface area contributed by atoms with Gasteiger partial charge in [-0.3, -0.25) is 4.79 Å². The summed E-state index contributed by atoms with van der Waals surface area (Å²) in [6.07, 6.45) is 0.712. The second kappa shape index (κ2) is 10.2. The maximum absolute atomic E-state index is 12.3. The minimum absolute atomic E-state index is 0.0225. The number of rotatable bonds is 9. The summed E-state index contributed by atoms with van der Waals surface area (Å²) < 4.78 is 15.8. The lowest BCUT2D eigenvalue weighted by molar-refractivity contribution is -0.118. The van der Waals surface area contributed by atoms with Crippen molar-refractivity contribution >= 4 is 28.6 Å². The first-order chi connectivity index (χ1) is 14.5. The fourth-order valence-electron chi connectivity index (χ4n) is 3.13. The molecular weight excluding hydrogens is 400 g/mol. The topological polar surface area (TPSA) is 69.7 Å². The van der Waals surface area contributed by atoms with Gasteiger partial charge in [-0.1, -0.05) is 17.8 Å². The van der Waals surface area contributed by atoms with Crippen molar-refractivity contribution < 1.29 is 19.0 Å². The van der Waals surface area contributed by atoms with Gasteiger partial charge in [0.2, 0.25) is 5.91 Å². The van der Waals surface area contributed by atoms with E-state index in [9.17, 15) is 4.79 Å². The molecule has 0 unspecified atom stereocenters. The number of methoxy groups -OCH3 is 3. The van der Waals surface area contributed by atoms with Gasteiger partial charge >= 0.3 is 0 Å². The Hall–Kier alpha value is -2.93. The Morgan fingerprint density at radius 2 is 1.80 bits per heavy atom. The number of hydrogen-bond acceptors (Lipinski definition) is 6. The number of aromatic nitrogens is 1. The smallest absolute Gasteiger partial charge is 0.230 e. The van der Waals surface area contributed by atoms with Crippen LogP contribution in [0.2, 0.25) is 0 Å². The highest BCUT2D eigenvalue weighted by atomic mass is 32.2. The van der Waals surface area contributed by atoms with Crippen LogP contribution in [0.5, 0.6) is 17.2 Å². The number of fused-ring (bicyclic) bond motifs is 1. The molecule has 0 aliphatic rings. The van der Waals surface area contributed by atoms with Crippen LogP contribution in [0, 0.1) is 6.92 Å². The largest absolute Gasteiger partial charge is 0.497 e. The SMILES string of the molecule is COc1ccc2c(C)cc(SCC(=O)NCCc3ccc(OC)c(OC)c3)nc2c1. The van der Waals surface area contributed by atoms with Crippen molar-refractivity contribution in [1.82, 2.24) is 10.3 Å². The van der Waals surface area contributed by atoms with E-state index in [2.05, 4.69) is 10.3 Å². The lowest BCUT2D eigenvalue weighted by Crippen LogP contribution is -2.27. The van der Waals surface area contributed by atoms with Crippen LogP contribution in [-0.2, 0) is 11.2 Å². The maximum Gasteiger partial charge on any atom is 0.230 e. The predicted octanol–water partition coefficient (Wildman–Crippen LogP) is 4.02. The molecule has 7 heteroatoms. The molecule has 1 N–H and O–H groups in total.